The number of carbonyl (C=O) groups excluding carboxylic acids is 3. The summed E-state index contributed by atoms with van der Waals surface area (Å²) in [5, 5.41) is 6.88. The number of halogens is 2. The highest BCUT2D eigenvalue weighted by Crippen LogP contribution is 2.55. The van der Waals surface area contributed by atoms with Gasteiger partial charge in [0.2, 0.25) is 17.7 Å². The molecule has 1 aliphatic carbocycles. The average molecular weight is 578 g/mol. The molecular weight excluding hydrogens is 543 g/mol. The number of likely N-dealkylation sites (tertiary alicyclic amines) is 1. The van der Waals surface area contributed by atoms with E-state index >= 15 is 0 Å². The van der Waals surface area contributed by atoms with E-state index in [-0.39, 0.29) is 23.8 Å². The van der Waals surface area contributed by atoms with Crippen molar-refractivity contribution in [1.29, 1.82) is 0 Å². The van der Waals surface area contributed by atoms with Crippen LogP contribution in [0, 0.1) is 11.8 Å². The Hall–Kier alpha value is -2.17. The van der Waals surface area contributed by atoms with Crippen LogP contribution >= 0.6 is 23.2 Å². The van der Waals surface area contributed by atoms with Gasteiger partial charge in [0.15, 0.2) is 0 Å². The maximum Gasteiger partial charge on any atom is 0.246 e. The standard InChI is InChI=1S/C28H34Cl2N4O5/c29-17-14-18(30)16-20(15-17)32-25(35)22-21-6-7-28(39-21)23(22)27(37)34(9-8-33-10-12-38-13-11-33)24(28)26(36)31-19-4-2-1-3-5-19/h6-7,14-16,19,21-24H,1-5,8-13H2,(H,31,36)(H,32,35)/t21-,22+,23-,24+,28-/m1/s1. The second-order valence-corrected chi connectivity index (χ2v) is 12.1. The van der Waals surface area contributed by atoms with E-state index in [1.165, 1.54) is 6.42 Å². The molecule has 1 aromatic rings. The molecule has 39 heavy (non-hydrogen) atoms. The molecule has 0 radical (unpaired) electrons. The van der Waals surface area contributed by atoms with Crippen LogP contribution < -0.4 is 10.6 Å². The van der Waals surface area contributed by atoms with Gasteiger partial charge in [0, 0.05) is 48.0 Å². The number of anilines is 1. The van der Waals surface area contributed by atoms with E-state index in [1.807, 2.05) is 12.2 Å². The summed E-state index contributed by atoms with van der Waals surface area (Å²) >= 11 is 12.3. The van der Waals surface area contributed by atoms with Crippen molar-refractivity contribution in [2.24, 2.45) is 11.8 Å². The average Bonchev–Trinajstić information content (AvgIpc) is 3.55. The maximum atomic E-state index is 14.1. The van der Waals surface area contributed by atoms with Crippen molar-refractivity contribution < 1.29 is 23.9 Å². The lowest BCUT2D eigenvalue weighted by atomic mass is 9.74. The van der Waals surface area contributed by atoms with Crippen LogP contribution in [0.5, 0.6) is 0 Å². The van der Waals surface area contributed by atoms with Crippen LogP contribution in [0.15, 0.2) is 30.4 Å². The summed E-state index contributed by atoms with van der Waals surface area (Å²) in [7, 11) is 0. The van der Waals surface area contributed by atoms with Crippen LogP contribution in [-0.4, -0.2) is 90.7 Å². The van der Waals surface area contributed by atoms with Gasteiger partial charge in [-0.3, -0.25) is 19.3 Å². The Morgan fingerprint density at radius 3 is 2.44 bits per heavy atom. The Bertz CT molecular complexity index is 1150. The van der Waals surface area contributed by atoms with Crippen molar-refractivity contribution in [3.05, 3.63) is 40.4 Å². The van der Waals surface area contributed by atoms with E-state index in [4.69, 9.17) is 32.7 Å². The van der Waals surface area contributed by atoms with Gasteiger partial charge in [-0.25, -0.2) is 0 Å². The highest BCUT2D eigenvalue weighted by molar-refractivity contribution is 6.35. The van der Waals surface area contributed by atoms with Crippen LogP contribution in [0.2, 0.25) is 10.0 Å². The Morgan fingerprint density at radius 2 is 1.72 bits per heavy atom. The molecule has 2 N–H and O–H groups in total. The zero-order valence-corrected chi connectivity index (χ0v) is 23.3. The SMILES string of the molecule is O=C(Nc1cc(Cl)cc(Cl)c1)[C@H]1[C@H]2C=C[C@]3(O2)[C@H](C(=O)NC2CCCCC2)N(CCN2CCOCC2)C(=O)[C@@H]13. The van der Waals surface area contributed by atoms with E-state index in [0.717, 1.165) is 38.8 Å². The van der Waals surface area contributed by atoms with E-state index in [1.54, 1.807) is 23.1 Å². The number of fused-ring (bicyclic) bond motifs is 1. The molecule has 210 valence electrons. The number of amides is 3. The normalized spacial score (nSPS) is 32.5. The summed E-state index contributed by atoms with van der Waals surface area (Å²) in [6.07, 6.45) is 8.28. The lowest BCUT2D eigenvalue weighted by molar-refractivity contribution is -0.141. The number of hydrogen-bond acceptors (Lipinski definition) is 6. The van der Waals surface area contributed by atoms with E-state index < -0.39 is 29.6 Å². The van der Waals surface area contributed by atoms with Gasteiger partial charge in [0.05, 0.1) is 31.2 Å². The van der Waals surface area contributed by atoms with Crippen molar-refractivity contribution >= 4 is 46.6 Å². The number of nitrogens with one attached hydrogen (secondary N) is 2. The molecule has 4 aliphatic heterocycles. The van der Waals surface area contributed by atoms with Gasteiger partial charge in [-0.2, -0.15) is 0 Å². The second-order valence-electron chi connectivity index (χ2n) is 11.2. The molecule has 1 saturated carbocycles. The van der Waals surface area contributed by atoms with E-state index in [0.29, 0.717) is 42.0 Å². The number of morpholine rings is 1. The van der Waals surface area contributed by atoms with Crippen molar-refractivity contribution in [3.63, 3.8) is 0 Å². The molecule has 5 atom stereocenters. The minimum absolute atomic E-state index is 0.0900. The fourth-order valence-corrected chi connectivity index (χ4v) is 7.49. The molecule has 3 saturated heterocycles. The van der Waals surface area contributed by atoms with Gasteiger partial charge in [-0.15, -0.1) is 0 Å². The summed E-state index contributed by atoms with van der Waals surface area (Å²) in [6.45, 7) is 3.85. The molecule has 0 unspecified atom stereocenters. The third-order valence-electron chi connectivity index (χ3n) is 8.77. The number of rotatable bonds is 7. The summed E-state index contributed by atoms with van der Waals surface area (Å²) in [5.74, 6) is -2.35. The van der Waals surface area contributed by atoms with Gasteiger partial charge in [-0.05, 0) is 31.0 Å². The van der Waals surface area contributed by atoms with Gasteiger partial charge in [0.1, 0.15) is 11.6 Å². The van der Waals surface area contributed by atoms with Gasteiger partial charge in [0.25, 0.3) is 0 Å². The molecular formula is C28H34Cl2N4O5. The third-order valence-corrected chi connectivity index (χ3v) is 9.20. The Morgan fingerprint density at radius 1 is 1.00 bits per heavy atom. The number of hydrogen-bond donors (Lipinski definition) is 2. The highest BCUT2D eigenvalue weighted by Gasteiger charge is 2.72. The van der Waals surface area contributed by atoms with E-state index in [2.05, 4.69) is 15.5 Å². The van der Waals surface area contributed by atoms with Gasteiger partial charge in [-0.1, -0.05) is 54.6 Å². The minimum Gasteiger partial charge on any atom is -0.379 e. The fourth-order valence-electron chi connectivity index (χ4n) is 6.96. The summed E-state index contributed by atoms with van der Waals surface area (Å²) in [4.78, 5) is 45.5. The van der Waals surface area contributed by atoms with Crippen LogP contribution in [-0.2, 0) is 23.9 Å². The Labute approximate surface area is 238 Å². The van der Waals surface area contributed by atoms with Crippen LogP contribution in [0.4, 0.5) is 5.69 Å². The monoisotopic (exact) mass is 576 g/mol. The zero-order valence-electron chi connectivity index (χ0n) is 21.7. The minimum atomic E-state index is -1.18. The first-order valence-electron chi connectivity index (χ1n) is 13.9. The lowest BCUT2D eigenvalue weighted by Gasteiger charge is -2.35. The third kappa shape index (κ3) is 5.08. The molecule has 2 bridgehead atoms. The molecule has 5 aliphatic rings. The quantitative estimate of drug-likeness (QED) is 0.484. The maximum absolute atomic E-state index is 14.1. The van der Waals surface area contributed by atoms with Crippen LogP contribution in [0.1, 0.15) is 32.1 Å². The zero-order chi connectivity index (χ0) is 27.1. The second kappa shape index (κ2) is 11.0. The van der Waals surface area contributed by atoms with Crippen molar-refractivity contribution in [2.45, 2.75) is 55.9 Å². The number of carbonyl (C=O) groups is 3. The summed E-state index contributed by atoms with van der Waals surface area (Å²) < 4.78 is 11.9. The molecule has 1 spiro atoms. The molecule has 6 rings (SSSR count). The fraction of sp³-hybridized carbons (Fsp3) is 0.607. The summed E-state index contributed by atoms with van der Waals surface area (Å²) in [6, 6.07) is 4.05. The molecule has 1 aromatic carbocycles. The van der Waals surface area contributed by atoms with Gasteiger partial charge >= 0.3 is 0 Å². The van der Waals surface area contributed by atoms with Crippen molar-refractivity contribution in [2.75, 3.05) is 44.7 Å². The summed E-state index contributed by atoms with van der Waals surface area (Å²) in [5.41, 5.74) is -0.737. The topological polar surface area (TPSA) is 100 Å². The Balaban J connectivity index is 1.27. The Kier molecular flexibility index (Phi) is 7.63. The van der Waals surface area contributed by atoms with Gasteiger partial charge < -0.3 is 25.0 Å². The predicted molar refractivity (Wildman–Crippen MR) is 147 cm³/mol. The first-order valence-corrected chi connectivity index (χ1v) is 14.7. The largest absolute Gasteiger partial charge is 0.379 e. The van der Waals surface area contributed by atoms with E-state index in [9.17, 15) is 14.4 Å². The van der Waals surface area contributed by atoms with Crippen molar-refractivity contribution in [1.82, 2.24) is 15.1 Å². The predicted octanol–water partition coefficient (Wildman–Crippen LogP) is 2.86. The van der Waals surface area contributed by atoms with Crippen molar-refractivity contribution in [3.8, 4) is 0 Å². The number of ether oxygens (including phenoxy) is 2. The first-order chi connectivity index (χ1) is 18.9. The highest BCUT2D eigenvalue weighted by atomic mass is 35.5. The van der Waals surface area contributed by atoms with Crippen LogP contribution in [0.25, 0.3) is 0 Å². The number of nitrogens with zero attached hydrogens (tertiary/aromatic N) is 2. The molecule has 4 heterocycles. The smallest absolute Gasteiger partial charge is 0.246 e. The molecule has 3 amide bonds. The lowest BCUT2D eigenvalue weighted by Crippen LogP contribution is -2.57. The molecule has 4 fully saturated rings. The van der Waals surface area contributed by atoms with Crippen LogP contribution in [0.3, 0.4) is 0 Å². The molecule has 11 heteroatoms. The molecule has 9 nitrogen and oxygen atoms in total. The number of benzene rings is 1. The first kappa shape index (κ1) is 27.0. The molecule has 0 aromatic heterocycles.